The summed E-state index contributed by atoms with van der Waals surface area (Å²) in [5, 5.41) is 5.06. The van der Waals surface area contributed by atoms with Gasteiger partial charge in [0.15, 0.2) is 0 Å². The minimum absolute atomic E-state index is 0.0648. The highest BCUT2D eigenvalue weighted by molar-refractivity contribution is 7.89. The number of hydrogen-bond acceptors (Lipinski definition) is 4. The minimum atomic E-state index is -3.82. The Labute approximate surface area is 124 Å². The molecular formula is C15H18N2O3S. The van der Waals surface area contributed by atoms with Gasteiger partial charge in [-0.1, -0.05) is 26.0 Å². The number of ether oxygens (including phenoxy) is 1. The summed E-state index contributed by atoms with van der Waals surface area (Å²) in [6.45, 7) is 4.19. The fourth-order valence-electron chi connectivity index (χ4n) is 1.92. The van der Waals surface area contributed by atoms with Gasteiger partial charge in [-0.15, -0.1) is 0 Å². The monoisotopic (exact) mass is 306 g/mol. The molecule has 4 N–H and O–H groups in total. The van der Waals surface area contributed by atoms with E-state index in [0.29, 0.717) is 17.4 Å². The van der Waals surface area contributed by atoms with E-state index in [1.165, 1.54) is 18.2 Å². The van der Waals surface area contributed by atoms with Crippen LogP contribution in [0.5, 0.6) is 11.5 Å². The highest BCUT2D eigenvalue weighted by Gasteiger charge is 2.13. The summed E-state index contributed by atoms with van der Waals surface area (Å²) in [6, 6.07) is 12.0. The van der Waals surface area contributed by atoms with Gasteiger partial charge in [-0.05, 0) is 35.7 Å². The zero-order valence-electron chi connectivity index (χ0n) is 11.9. The molecule has 0 aliphatic carbocycles. The van der Waals surface area contributed by atoms with Crippen molar-refractivity contribution >= 4 is 15.7 Å². The van der Waals surface area contributed by atoms with Crippen LogP contribution in [0.2, 0.25) is 0 Å². The minimum Gasteiger partial charge on any atom is -0.457 e. The molecule has 2 aromatic carbocycles. The normalized spacial score (nSPS) is 11.6. The van der Waals surface area contributed by atoms with Crippen molar-refractivity contribution in [2.24, 2.45) is 5.14 Å². The first kappa shape index (κ1) is 15.3. The zero-order chi connectivity index (χ0) is 15.6. The van der Waals surface area contributed by atoms with Gasteiger partial charge in [0.2, 0.25) is 10.0 Å². The van der Waals surface area contributed by atoms with Crippen LogP contribution in [0.3, 0.4) is 0 Å². The lowest BCUT2D eigenvalue weighted by Crippen LogP contribution is -2.14. The highest BCUT2D eigenvalue weighted by Crippen LogP contribution is 2.28. The van der Waals surface area contributed by atoms with E-state index in [9.17, 15) is 8.42 Å². The Morgan fingerprint density at radius 2 is 1.71 bits per heavy atom. The van der Waals surface area contributed by atoms with Crippen LogP contribution < -0.4 is 15.6 Å². The molecule has 21 heavy (non-hydrogen) atoms. The number of anilines is 1. The number of primary sulfonamides is 1. The number of benzene rings is 2. The van der Waals surface area contributed by atoms with Crippen LogP contribution in [0.4, 0.5) is 5.69 Å². The molecule has 2 rings (SSSR count). The molecular weight excluding hydrogens is 288 g/mol. The van der Waals surface area contributed by atoms with Crippen LogP contribution in [0.25, 0.3) is 0 Å². The van der Waals surface area contributed by atoms with Crippen LogP contribution >= 0.6 is 0 Å². The van der Waals surface area contributed by atoms with E-state index in [2.05, 4.69) is 13.8 Å². The summed E-state index contributed by atoms with van der Waals surface area (Å²) >= 11 is 0. The number of sulfonamides is 1. The summed E-state index contributed by atoms with van der Waals surface area (Å²) in [7, 11) is -3.82. The number of nitrogens with two attached hydrogens (primary N) is 2. The maximum absolute atomic E-state index is 11.3. The predicted octanol–water partition coefficient (Wildman–Crippen LogP) is 2.83. The molecule has 6 heteroatoms. The smallest absolute Gasteiger partial charge is 0.240 e. The van der Waals surface area contributed by atoms with Crippen LogP contribution in [-0.2, 0) is 10.0 Å². The Kier molecular flexibility index (Phi) is 4.20. The average Bonchev–Trinajstić information content (AvgIpc) is 2.37. The van der Waals surface area contributed by atoms with Gasteiger partial charge in [-0.3, -0.25) is 0 Å². The fourth-order valence-corrected chi connectivity index (χ4v) is 2.57. The standard InChI is InChI=1S/C15H18N2O3S/c1-10(2)11-4-3-5-12(8-11)20-13-6-7-15(14(16)9-13)21(17,18)19/h3-10H,16H2,1-2H3,(H2,17,18,19). The molecule has 2 aromatic rings. The van der Waals surface area contributed by atoms with Crippen LogP contribution in [0.1, 0.15) is 25.3 Å². The van der Waals surface area contributed by atoms with Gasteiger partial charge in [0.05, 0.1) is 5.69 Å². The molecule has 0 aliphatic heterocycles. The Bertz CT molecular complexity index is 755. The quantitative estimate of drug-likeness (QED) is 0.849. The van der Waals surface area contributed by atoms with Gasteiger partial charge < -0.3 is 10.5 Å². The molecule has 0 fully saturated rings. The van der Waals surface area contributed by atoms with E-state index < -0.39 is 10.0 Å². The lowest BCUT2D eigenvalue weighted by Gasteiger charge is -2.11. The topological polar surface area (TPSA) is 95.4 Å². The second-order valence-electron chi connectivity index (χ2n) is 5.07. The molecule has 0 saturated carbocycles. The maximum atomic E-state index is 11.3. The summed E-state index contributed by atoms with van der Waals surface area (Å²) in [6.07, 6.45) is 0. The molecule has 0 amide bonds. The summed E-state index contributed by atoms with van der Waals surface area (Å²) < 4.78 is 28.3. The third-order valence-electron chi connectivity index (χ3n) is 3.05. The largest absolute Gasteiger partial charge is 0.457 e. The van der Waals surface area contributed by atoms with Gasteiger partial charge >= 0.3 is 0 Å². The molecule has 0 saturated heterocycles. The Hall–Kier alpha value is -2.05. The highest BCUT2D eigenvalue weighted by atomic mass is 32.2. The average molecular weight is 306 g/mol. The van der Waals surface area contributed by atoms with Crippen molar-refractivity contribution < 1.29 is 13.2 Å². The van der Waals surface area contributed by atoms with E-state index in [-0.39, 0.29) is 10.6 Å². The first-order valence-electron chi connectivity index (χ1n) is 6.47. The molecule has 0 atom stereocenters. The summed E-state index contributed by atoms with van der Waals surface area (Å²) in [4.78, 5) is -0.106. The lowest BCUT2D eigenvalue weighted by molar-refractivity contribution is 0.481. The third-order valence-corrected chi connectivity index (χ3v) is 4.03. The van der Waals surface area contributed by atoms with E-state index in [0.717, 1.165) is 5.56 Å². The summed E-state index contributed by atoms with van der Waals surface area (Å²) in [5.41, 5.74) is 6.92. The number of hydrogen-bond donors (Lipinski definition) is 2. The Morgan fingerprint density at radius 1 is 1.05 bits per heavy atom. The lowest BCUT2D eigenvalue weighted by atomic mass is 10.0. The number of nitrogen functional groups attached to an aromatic ring is 1. The third kappa shape index (κ3) is 3.74. The van der Waals surface area contributed by atoms with Crippen molar-refractivity contribution in [3.63, 3.8) is 0 Å². The van der Waals surface area contributed by atoms with Gasteiger partial charge in [0.25, 0.3) is 0 Å². The van der Waals surface area contributed by atoms with E-state index in [1.807, 2.05) is 24.3 Å². The van der Waals surface area contributed by atoms with Crippen molar-refractivity contribution in [1.82, 2.24) is 0 Å². The van der Waals surface area contributed by atoms with Crippen LogP contribution in [0.15, 0.2) is 47.4 Å². The molecule has 0 bridgehead atoms. The van der Waals surface area contributed by atoms with Crippen molar-refractivity contribution in [2.45, 2.75) is 24.7 Å². The SMILES string of the molecule is CC(C)c1cccc(Oc2ccc(S(N)(=O)=O)c(N)c2)c1. The molecule has 112 valence electrons. The fraction of sp³-hybridized carbons (Fsp3) is 0.200. The van der Waals surface area contributed by atoms with E-state index >= 15 is 0 Å². The van der Waals surface area contributed by atoms with Gasteiger partial charge in [-0.2, -0.15) is 0 Å². The van der Waals surface area contributed by atoms with Gasteiger partial charge in [0, 0.05) is 6.07 Å². The molecule has 0 heterocycles. The molecule has 0 aromatic heterocycles. The van der Waals surface area contributed by atoms with Crippen molar-refractivity contribution in [3.8, 4) is 11.5 Å². The molecule has 0 unspecified atom stereocenters. The first-order chi connectivity index (χ1) is 9.77. The van der Waals surface area contributed by atoms with Crippen LogP contribution in [0, 0.1) is 0 Å². The number of rotatable bonds is 4. The Balaban J connectivity index is 2.29. The molecule has 0 radical (unpaired) electrons. The van der Waals surface area contributed by atoms with Crippen LogP contribution in [-0.4, -0.2) is 8.42 Å². The van der Waals surface area contributed by atoms with Crippen molar-refractivity contribution in [2.75, 3.05) is 5.73 Å². The van der Waals surface area contributed by atoms with E-state index in [4.69, 9.17) is 15.6 Å². The molecule has 5 nitrogen and oxygen atoms in total. The Morgan fingerprint density at radius 3 is 2.29 bits per heavy atom. The summed E-state index contributed by atoms with van der Waals surface area (Å²) in [5.74, 6) is 1.52. The second kappa shape index (κ2) is 5.75. The second-order valence-corrected chi connectivity index (χ2v) is 6.60. The maximum Gasteiger partial charge on any atom is 0.240 e. The van der Waals surface area contributed by atoms with E-state index in [1.54, 1.807) is 0 Å². The van der Waals surface area contributed by atoms with Crippen molar-refractivity contribution in [3.05, 3.63) is 48.0 Å². The van der Waals surface area contributed by atoms with Crippen molar-refractivity contribution in [1.29, 1.82) is 0 Å². The molecule has 0 spiro atoms. The first-order valence-corrected chi connectivity index (χ1v) is 8.02. The van der Waals surface area contributed by atoms with Gasteiger partial charge in [-0.25, -0.2) is 13.6 Å². The molecule has 0 aliphatic rings. The van der Waals surface area contributed by atoms with Gasteiger partial charge in [0.1, 0.15) is 16.4 Å². The zero-order valence-corrected chi connectivity index (χ0v) is 12.7. The predicted molar refractivity (Wildman–Crippen MR) is 82.8 cm³/mol.